The lowest BCUT2D eigenvalue weighted by molar-refractivity contribution is -0.132. The highest BCUT2D eigenvalue weighted by Crippen LogP contribution is 2.33. The number of para-hydroxylation sites is 1. The van der Waals surface area contributed by atoms with Crippen LogP contribution in [0.3, 0.4) is 0 Å². The number of carboxylic acids is 1. The van der Waals surface area contributed by atoms with Crippen molar-refractivity contribution in [3.63, 3.8) is 0 Å². The zero-order chi connectivity index (χ0) is 20.4. The molecule has 2 aromatic carbocycles. The Morgan fingerprint density at radius 1 is 1.14 bits per heavy atom. The Labute approximate surface area is 166 Å². The fraction of sp³-hybridized carbons (Fsp3) is 0.0952. The highest BCUT2D eigenvalue weighted by Gasteiger charge is 2.29. The summed E-state index contributed by atoms with van der Waals surface area (Å²) in [5.74, 6) is -0.497. The monoisotopic (exact) mass is 390 g/mol. The number of benzene rings is 2. The summed E-state index contributed by atoms with van der Waals surface area (Å²) in [5.41, 5.74) is 1.67. The van der Waals surface area contributed by atoms with Gasteiger partial charge in [-0.2, -0.15) is 5.10 Å². The van der Waals surface area contributed by atoms with Crippen LogP contribution in [0, 0.1) is 0 Å². The Balaban J connectivity index is 1.71. The van der Waals surface area contributed by atoms with E-state index < -0.39 is 12.0 Å². The molecule has 146 valence electrons. The lowest BCUT2D eigenvalue weighted by Crippen LogP contribution is -2.25. The van der Waals surface area contributed by atoms with Crippen LogP contribution in [0.25, 0.3) is 0 Å². The van der Waals surface area contributed by atoms with E-state index in [2.05, 4.69) is 15.7 Å². The number of aromatic nitrogens is 2. The van der Waals surface area contributed by atoms with Gasteiger partial charge in [0.05, 0.1) is 19.3 Å². The molecule has 2 heterocycles. The number of carbonyl (C=O) groups excluding carboxylic acids is 1. The van der Waals surface area contributed by atoms with Gasteiger partial charge >= 0.3 is 5.97 Å². The average molecular weight is 390 g/mol. The predicted molar refractivity (Wildman–Crippen MR) is 107 cm³/mol. The Morgan fingerprint density at radius 2 is 1.86 bits per heavy atom. The number of amides is 1. The molecule has 1 aliphatic rings. The molecule has 1 amide bonds. The number of carbonyl (C=O) groups is 2. The lowest BCUT2D eigenvalue weighted by Gasteiger charge is -2.24. The zero-order valence-electron chi connectivity index (χ0n) is 15.5. The van der Waals surface area contributed by atoms with Crippen molar-refractivity contribution in [1.29, 1.82) is 0 Å². The van der Waals surface area contributed by atoms with Crippen molar-refractivity contribution in [3.8, 4) is 5.75 Å². The molecular weight excluding hydrogens is 372 g/mol. The molecular formula is C21H18N4O4. The minimum Gasteiger partial charge on any atom is -0.497 e. The van der Waals surface area contributed by atoms with Gasteiger partial charge < -0.3 is 20.5 Å². The number of ether oxygens (including phenoxy) is 1. The number of methoxy groups -OCH3 is 1. The number of rotatable bonds is 5. The van der Waals surface area contributed by atoms with Crippen molar-refractivity contribution in [2.45, 2.75) is 6.04 Å². The van der Waals surface area contributed by atoms with Crippen molar-refractivity contribution >= 4 is 23.4 Å². The van der Waals surface area contributed by atoms with Gasteiger partial charge in [0, 0.05) is 5.69 Å². The van der Waals surface area contributed by atoms with Gasteiger partial charge in [-0.05, 0) is 35.9 Å². The van der Waals surface area contributed by atoms with Gasteiger partial charge in [-0.25, -0.2) is 9.48 Å². The van der Waals surface area contributed by atoms with E-state index in [9.17, 15) is 14.7 Å². The number of nitrogens with zero attached hydrogens (tertiary/aromatic N) is 2. The maximum absolute atomic E-state index is 12.8. The third-order valence-corrected chi connectivity index (χ3v) is 4.60. The third kappa shape index (κ3) is 3.55. The molecule has 0 fully saturated rings. The first-order valence-electron chi connectivity index (χ1n) is 8.87. The smallest absolute Gasteiger partial charge is 0.352 e. The summed E-state index contributed by atoms with van der Waals surface area (Å²) in [6.45, 7) is 0. The Bertz CT molecular complexity index is 1090. The fourth-order valence-corrected chi connectivity index (χ4v) is 3.14. The van der Waals surface area contributed by atoms with E-state index >= 15 is 0 Å². The number of aliphatic carboxylic acids is 1. The van der Waals surface area contributed by atoms with Crippen LogP contribution in [-0.4, -0.2) is 33.9 Å². The van der Waals surface area contributed by atoms with Crippen LogP contribution in [0.4, 0.5) is 11.5 Å². The van der Waals surface area contributed by atoms with Gasteiger partial charge in [0.25, 0.3) is 5.91 Å². The van der Waals surface area contributed by atoms with Gasteiger partial charge in [-0.1, -0.05) is 30.3 Å². The quantitative estimate of drug-likeness (QED) is 0.618. The topological polar surface area (TPSA) is 105 Å². The number of anilines is 2. The Hall–Kier alpha value is -4.07. The average Bonchev–Trinajstić information content (AvgIpc) is 3.18. The number of nitrogens with one attached hydrogen (secondary N) is 2. The van der Waals surface area contributed by atoms with Crippen molar-refractivity contribution in [2.75, 3.05) is 17.7 Å². The van der Waals surface area contributed by atoms with E-state index in [0.29, 0.717) is 17.3 Å². The van der Waals surface area contributed by atoms with Crippen LogP contribution in [-0.2, 0) is 4.79 Å². The summed E-state index contributed by atoms with van der Waals surface area (Å²) in [6.07, 6.45) is 2.98. The van der Waals surface area contributed by atoms with E-state index in [4.69, 9.17) is 4.74 Å². The number of allylic oxidation sites excluding steroid dienone is 1. The molecule has 0 radical (unpaired) electrons. The highest BCUT2D eigenvalue weighted by molar-refractivity contribution is 6.08. The molecule has 8 heteroatoms. The standard InChI is InChI=1S/C21H18N4O4/c1-29-15-9-7-13(8-10-15)18-11-17(21(27)28)24-19-16(12-22-25(18)19)20(26)23-14-5-3-2-4-6-14/h2-12,18,24H,1H3,(H,23,26)(H,27,28). The molecule has 0 saturated carbocycles. The second-order valence-corrected chi connectivity index (χ2v) is 6.40. The Kier molecular flexibility index (Phi) is 4.74. The molecule has 1 atom stereocenters. The minimum absolute atomic E-state index is 0.0208. The molecule has 1 aliphatic heterocycles. The summed E-state index contributed by atoms with van der Waals surface area (Å²) in [6, 6.07) is 15.8. The molecule has 1 unspecified atom stereocenters. The van der Waals surface area contributed by atoms with Crippen LogP contribution in [0.2, 0.25) is 0 Å². The van der Waals surface area contributed by atoms with Crippen LogP contribution in [0.5, 0.6) is 5.75 Å². The second-order valence-electron chi connectivity index (χ2n) is 6.40. The maximum Gasteiger partial charge on any atom is 0.352 e. The molecule has 1 aromatic heterocycles. The lowest BCUT2D eigenvalue weighted by atomic mass is 10.0. The van der Waals surface area contributed by atoms with Crippen LogP contribution in [0.15, 0.2) is 72.6 Å². The Morgan fingerprint density at radius 3 is 2.52 bits per heavy atom. The molecule has 4 rings (SSSR count). The maximum atomic E-state index is 12.8. The van der Waals surface area contributed by atoms with E-state index in [1.54, 1.807) is 42.1 Å². The van der Waals surface area contributed by atoms with Crippen molar-refractivity contribution < 1.29 is 19.4 Å². The van der Waals surface area contributed by atoms with E-state index in [-0.39, 0.29) is 17.2 Å². The third-order valence-electron chi connectivity index (χ3n) is 4.60. The van der Waals surface area contributed by atoms with E-state index in [0.717, 1.165) is 5.56 Å². The summed E-state index contributed by atoms with van der Waals surface area (Å²) in [5, 5.41) is 19.5. The SMILES string of the molecule is COc1ccc(C2C=C(C(=O)O)Nc3c(C(=O)Nc4ccccc4)cnn32)cc1. The second kappa shape index (κ2) is 7.51. The molecule has 0 bridgehead atoms. The van der Waals surface area contributed by atoms with Crippen molar-refractivity contribution in [2.24, 2.45) is 0 Å². The highest BCUT2D eigenvalue weighted by atomic mass is 16.5. The summed E-state index contributed by atoms with van der Waals surface area (Å²) >= 11 is 0. The first-order valence-corrected chi connectivity index (χ1v) is 8.87. The molecule has 0 spiro atoms. The molecule has 3 N–H and O–H groups in total. The first-order chi connectivity index (χ1) is 14.1. The van der Waals surface area contributed by atoms with Crippen molar-refractivity contribution in [1.82, 2.24) is 9.78 Å². The van der Waals surface area contributed by atoms with E-state index in [1.807, 2.05) is 30.3 Å². The normalized spacial score (nSPS) is 14.9. The van der Waals surface area contributed by atoms with Gasteiger partial charge in [0.15, 0.2) is 0 Å². The molecule has 8 nitrogen and oxygen atoms in total. The minimum atomic E-state index is -1.12. The van der Waals surface area contributed by atoms with Gasteiger partial charge in [0.2, 0.25) is 0 Å². The zero-order valence-corrected chi connectivity index (χ0v) is 15.5. The molecule has 3 aromatic rings. The number of carboxylic acid groups (broad SMARTS) is 1. The summed E-state index contributed by atoms with van der Waals surface area (Å²) in [7, 11) is 1.57. The number of fused-ring (bicyclic) bond motifs is 1. The van der Waals surface area contributed by atoms with Crippen LogP contribution >= 0.6 is 0 Å². The van der Waals surface area contributed by atoms with Gasteiger partial charge in [-0.15, -0.1) is 0 Å². The largest absolute Gasteiger partial charge is 0.497 e. The van der Waals surface area contributed by atoms with Crippen LogP contribution < -0.4 is 15.4 Å². The number of hydrogen-bond donors (Lipinski definition) is 3. The van der Waals surface area contributed by atoms with Gasteiger partial charge in [-0.3, -0.25) is 4.79 Å². The molecule has 0 aliphatic carbocycles. The van der Waals surface area contributed by atoms with Gasteiger partial charge in [0.1, 0.15) is 22.8 Å². The molecule has 0 saturated heterocycles. The summed E-state index contributed by atoms with van der Waals surface area (Å²) in [4.78, 5) is 24.4. The number of hydrogen-bond acceptors (Lipinski definition) is 5. The molecule has 29 heavy (non-hydrogen) atoms. The predicted octanol–water partition coefficient (Wildman–Crippen LogP) is 3.13. The van der Waals surface area contributed by atoms with E-state index in [1.165, 1.54) is 6.20 Å². The summed E-state index contributed by atoms with van der Waals surface area (Å²) < 4.78 is 6.77. The fourth-order valence-electron chi connectivity index (χ4n) is 3.14. The van der Waals surface area contributed by atoms with Crippen molar-refractivity contribution in [3.05, 3.63) is 83.7 Å². The van der Waals surface area contributed by atoms with Crippen LogP contribution in [0.1, 0.15) is 22.0 Å². The first kappa shape index (κ1) is 18.3.